The molecule has 0 unspecified atom stereocenters. The van der Waals surface area contributed by atoms with Crippen LogP contribution in [-0.2, 0) is 11.3 Å². The minimum absolute atomic E-state index is 0.000689. The Labute approximate surface area is 114 Å². The molecular weight excluding hydrogens is 266 g/mol. The first-order chi connectivity index (χ1) is 9.61. The Bertz CT molecular complexity index is 589. The highest BCUT2D eigenvalue weighted by atomic mass is 19.1. The maximum absolute atomic E-state index is 13.3. The molecular formula is C15H12F2O3. The average Bonchev–Trinajstić information content (AvgIpc) is 2.46. The second kappa shape index (κ2) is 6.14. The van der Waals surface area contributed by atoms with Gasteiger partial charge in [0.2, 0.25) is 0 Å². The van der Waals surface area contributed by atoms with Crippen LogP contribution < -0.4 is 4.74 Å². The van der Waals surface area contributed by atoms with Crippen LogP contribution in [0.4, 0.5) is 8.78 Å². The summed E-state index contributed by atoms with van der Waals surface area (Å²) in [7, 11) is 1.29. The van der Waals surface area contributed by atoms with Gasteiger partial charge in [0.1, 0.15) is 6.61 Å². The van der Waals surface area contributed by atoms with Crippen molar-refractivity contribution in [2.75, 3.05) is 7.11 Å². The van der Waals surface area contributed by atoms with Gasteiger partial charge in [-0.2, -0.15) is 0 Å². The fourth-order valence-corrected chi connectivity index (χ4v) is 1.63. The number of halogens is 2. The second-order valence-corrected chi connectivity index (χ2v) is 4.03. The largest absolute Gasteiger partial charge is 0.483 e. The van der Waals surface area contributed by atoms with Crippen LogP contribution >= 0.6 is 0 Å². The summed E-state index contributed by atoms with van der Waals surface area (Å²) in [4.78, 5) is 11.2. The highest BCUT2D eigenvalue weighted by molar-refractivity contribution is 5.89. The monoisotopic (exact) mass is 278 g/mol. The van der Waals surface area contributed by atoms with Crippen LogP contribution in [0.2, 0.25) is 0 Å². The molecule has 3 nitrogen and oxygen atoms in total. The summed E-state index contributed by atoms with van der Waals surface area (Å²) in [5.74, 6) is -2.37. The lowest BCUT2D eigenvalue weighted by Gasteiger charge is -2.08. The minimum Gasteiger partial charge on any atom is -0.483 e. The molecule has 2 aromatic rings. The van der Waals surface area contributed by atoms with Crippen molar-refractivity contribution in [1.29, 1.82) is 0 Å². The molecule has 2 aromatic carbocycles. The summed E-state index contributed by atoms with van der Waals surface area (Å²) in [6, 6.07) is 9.89. The van der Waals surface area contributed by atoms with Crippen molar-refractivity contribution in [3.63, 3.8) is 0 Å². The van der Waals surface area contributed by atoms with E-state index in [1.54, 1.807) is 24.3 Å². The number of carbonyl (C=O) groups excluding carboxylic acids is 1. The third kappa shape index (κ3) is 3.12. The highest BCUT2D eigenvalue weighted by Crippen LogP contribution is 2.22. The van der Waals surface area contributed by atoms with Crippen LogP contribution in [0.1, 0.15) is 15.9 Å². The van der Waals surface area contributed by atoms with Crippen LogP contribution in [0.15, 0.2) is 42.5 Å². The number of ether oxygens (including phenoxy) is 2. The Morgan fingerprint density at radius 1 is 1.05 bits per heavy atom. The first kappa shape index (κ1) is 14.0. The molecule has 0 N–H and O–H groups in total. The molecule has 0 fully saturated rings. The lowest BCUT2D eigenvalue weighted by molar-refractivity contribution is 0.0600. The molecule has 0 amide bonds. The molecule has 0 atom stereocenters. The Kier molecular flexibility index (Phi) is 4.30. The first-order valence-corrected chi connectivity index (χ1v) is 5.86. The molecule has 5 heteroatoms. The molecule has 104 valence electrons. The van der Waals surface area contributed by atoms with E-state index in [9.17, 15) is 13.6 Å². The van der Waals surface area contributed by atoms with Gasteiger partial charge < -0.3 is 9.47 Å². The van der Waals surface area contributed by atoms with Crippen molar-refractivity contribution in [3.8, 4) is 5.75 Å². The highest BCUT2D eigenvalue weighted by Gasteiger charge is 2.10. The molecule has 0 radical (unpaired) electrons. The normalized spacial score (nSPS) is 10.2. The fourth-order valence-electron chi connectivity index (χ4n) is 1.63. The summed E-state index contributed by atoms with van der Waals surface area (Å²) < 4.78 is 36.4. The van der Waals surface area contributed by atoms with E-state index in [1.165, 1.54) is 13.2 Å². The van der Waals surface area contributed by atoms with E-state index >= 15 is 0 Å². The molecule has 0 aliphatic heterocycles. The lowest BCUT2D eigenvalue weighted by Crippen LogP contribution is -2.03. The molecule has 0 heterocycles. The summed E-state index contributed by atoms with van der Waals surface area (Å²) in [6.45, 7) is -0.000689. The van der Waals surface area contributed by atoms with Crippen molar-refractivity contribution in [3.05, 3.63) is 65.2 Å². The summed E-state index contributed by atoms with van der Waals surface area (Å²) in [6.07, 6.45) is 0. The van der Waals surface area contributed by atoms with Gasteiger partial charge in [0.25, 0.3) is 0 Å². The number of benzene rings is 2. The number of carbonyl (C=O) groups is 1. The zero-order chi connectivity index (χ0) is 14.5. The standard InChI is InChI=1S/C15H12F2O3/c1-19-15(18)11-7-5-10(6-8-11)9-20-14-12(16)3-2-4-13(14)17/h2-8H,9H2,1H3. The average molecular weight is 278 g/mol. The fraction of sp³-hybridized carbons (Fsp3) is 0.133. The van der Waals surface area contributed by atoms with E-state index in [2.05, 4.69) is 4.74 Å². The van der Waals surface area contributed by atoms with E-state index < -0.39 is 23.4 Å². The van der Waals surface area contributed by atoms with E-state index in [4.69, 9.17) is 4.74 Å². The molecule has 0 aliphatic carbocycles. The Hall–Kier alpha value is -2.43. The van der Waals surface area contributed by atoms with Crippen LogP contribution in [-0.4, -0.2) is 13.1 Å². The third-order valence-electron chi connectivity index (χ3n) is 2.68. The van der Waals surface area contributed by atoms with Gasteiger partial charge >= 0.3 is 5.97 Å². The van der Waals surface area contributed by atoms with E-state index in [-0.39, 0.29) is 6.61 Å². The van der Waals surface area contributed by atoms with Crippen LogP contribution in [0.25, 0.3) is 0 Å². The van der Waals surface area contributed by atoms with Crippen molar-refractivity contribution in [2.24, 2.45) is 0 Å². The van der Waals surface area contributed by atoms with Gasteiger partial charge in [-0.05, 0) is 29.8 Å². The summed E-state index contributed by atoms with van der Waals surface area (Å²) in [5.41, 5.74) is 1.08. The van der Waals surface area contributed by atoms with Crippen molar-refractivity contribution in [2.45, 2.75) is 6.61 Å². The minimum atomic E-state index is -0.754. The molecule has 20 heavy (non-hydrogen) atoms. The van der Waals surface area contributed by atoms with Gasteiger partial charge in [0.05, 0.1) is 12.7 Å². The zero-order valence-corrected chi connectivity index (χ0v) is 10.7. The first-order valence-electron chi connectivity index (χ1n) is 5.86. The van der Waals surface area contributed by atoms with Crippen LogP contribution in [0.3, 0.4) is 0 Å². The predicted molar refractivity (Wildman–Crippen MR) is 68.5 cm³/mol. The quantitative estimate of drug-likeness (QED) is 0.805. The maximum atomic E-state index is 13.3. The van der Waals surface area contributed by atoms with Gasteiger partial charge in [-0.15, -0.1) is 0 Å². The SMILES string of the molecule is COC(=O)c1ccc(COc2c(F)cccc2F)cc1. The van der Waals surface area contributed by atoms with Crippen LogP contribution in [0.5, 0.6) is 5.75 Å². The molecule has 0 aliphatic rings. The van der Waals surface area contributed by atoms with Crippen LogP contribution in [0, 0.1) is 11.6 Å². The Morgan fingerprint density at radius 3 is 2.20 bits per heavy atom. The number of rotatable bonds is 4. The topological polar surface area (TPSA) is 35.5 Å². The van der Waals surface area contributed by atoms with Gasteiger partial charge in [-0.25, -0.2) is 13.6 Å². The van der Waals surface area contributed by atoms with E-state index in [0.29, 0.717) is 11.1 Å². The number of hydrogen-bond acceptors (Lipinski definition) is 3. The maximum Gasteiger partial charge on any atom is 0.337 e. The van der Waals surface area contributed by atoms with Gasteiger partial charge in [-0.3, -0.25) is 0 Å². The number of methoxy groups -OCH3 is 1. The number of hydrogen-bond donors (Lipinski definition) is 0. The third-order valence-corrected chi connectivity index (χ3v) is 2.68. The van der Waals surface area contributed by atoms with E-state index in [0.717, 1.165) is 12.1 Å². The van der Waals surface area contributed by atoms with Crippen molar-refractivity contribution in [1.82, 2.24) is 0 Å². The van der Waals surface area contributed by atoms with E-state index in [1.807, 2.05) is 0 Å². The second-order valence-electron chi connectivity index (χ2n) is 4.03. The van der Waals surface area contributed by atoms with Crippen molar-refractivity contribution < 1.29 is 23.0 Å². The molecule has 0 aromatic heterocycles. The zero-order valence-electron chi connectivity index (χ0n) is 10.7. The van der Waals surface area contributed by atoms with Crippen molar-refractivity contribution >= 4 is 5.97 Å². The number of esters is 1. The molecule has 0 saturated carbocycles. The smallest absolute Gasteiger partial charge is 0.337 e. The molecule has 0 spiro atoms. The Morgan fingerprint density at radius 2 is 1.65 bits per heavy atom. The summed E-state index contributed by atoms with van der Waals surface area (Å²) in [5, 5.41) is 0. The van der Waals surface area contributed by atoms with Gasteiger partial charge in [0.15, 0.2) is 17.4 Å². The lowest BCUT2D eigenvalue weighted by atomic mass is 10.1. The Balaban J connectivity index is 2.06. The predicted octanol–water partition coefficient (Wildman–Crippen LogP) is 3.33. The number of para-hydroxylation sites is 1. The van der Waals surface area contributed by atoms with Gasteiger partial charge in [-0.1, -0.05) is 18.2 Å². The summed E-state index contributed by atoms with van der Waals surface area (Å²) >= 11 is 0. The molecule has 0 bridgehead atoms. The molecule has 2 rings (SSSR count). The molecule has 0 saturated heterocycles. The van der Waals surface area contributed by atoms with Gasteiger partial charge in [0, 0.05) is 0 Å².